The molecular weight excluding hydrogens is 408 g/mol. The molecule has 0 saturated carbocycles. The van der Waals surface area contributed by atoms with Crippen LogP contribution < -0.4 is 0 Å². The van der Waals surface area contributed by atoms with Crippen molar-refractivity contribution in [3.8, 4) is 22.4 Å². The molecule has 0 atom stereocenters. The van der Waals surface area contributed by atoms with Crippen LogP contribution >= 0.6 is 0 Å². The average Bonchev–Trinajstić information content (AvgIpc) is 3.30. The zero-order chi connectivity index (χ0) is 22.0. The Kier molecular flexibility index (Phi) is 3.61. The summed E-state index contributed by atoms with van der Waals surface area (Å²) in [5.74, 6) is -1.25. The molecule has 8 nitrogen and oxygen atoms in total. The van der Waals surface area contributed by atoms with Crippen LogP contribution in [-0.4, -0.2) is 31.7 Å². The molecule has 0 amide bonds. The summed E-state index contributed by atoms with van der Waals surface area (Å²) < 4.78 is 0. The number of aromatic nitrogens is 3. The van der Waals surface area contributed by atoms with Gasteiger partial charge in [-0.25, -0.2) is 4.98 Å². The molecule has 8 heteroatoms. The van der Waals surface area contributed by atoms with Gasteiger partial charge in [0, 0.05) is 39.6 Å². The van der Waals surface area contributed by atoms with Gasteiger partial charge < -0.3 is 0 Å². The van der Waals surface area contributed by atoms with Crippen LogP contribution in [0.1, 0.15) is 20.7 Å². The lowest BCUT2D eigenvalue weighted by molar-refractivity contribution is -0.384. The summed E-state index contributed by atoms with van der Waals surface area (Å²) in [6.45, 7) is 0. The Morgan fingerprint density at radius 3 is 2.34 bits per heavy atom. The maximum atomic E-state index is 13.3. The number of non-ortho nitro benzene ring substituents is 1. The molecular formula is C24H12N4O4. The Labute approximate surface area is 179 Å². The number of aromatic amines is 1. The maximum Gasteiger partial charge on any atom is 0.269 e. The molecule has 3 aromatic carbocycles. The van der Waals surface area contributed by atoms with Gasteiger partial charge in [-0.1, -0.05) is 24.3 Å². The molecule has 2 heterocycles. The minimum Gasteiger partial charge on any atom is -0.285 e. The number of rotatable bonds is 2. The number of pyridine rings is 1. The molecule has 0 aliphatic heterocycles. The summed E-state index contributed by atoms with van der Waals surface area (Å²) in [4.78, 5) is 41.8. The Morgan fingerprint density at radius 2 is 1.59 bits per heavy atom. The molecule has 0 radical (unpaired) electrons. The van der Waals surface area contributed by atoms with Crippen LogP contribution in [0.25, 0.3) is 44.2 Å². The number of nitrogens with zero attached hydrogens (tertiary/aromatic N) is 3. The summed E-state index contributed by atoms with van der Waals surface area (Å²) >= 11 is 0. The van der Waals surface area contributed by atoms with Crippen molar-refractivity contribution >= 4 is 39.1 Å². The second kappa shape index (κ2) is 6.39. The van der Waals surface area contributed by atoms with Gasteiger partial charge in [-0.05, 0) is 29.8 Å². The first-order valence-corrected chi connectivity index (χ1v) is 9.77. The average molecular weight is 420 g/mol. The number of nitro benzene ring substituents is 1. The lowest BCUT2D eigenvalue weighted by Gasteiger charge is -2.22. The van der Waals surface area contributed by atoms with Crippen molar-refractivity contribution in [2.45, 2.75) is 0 Å². The zero-order valence-electron chi connectivity index (χ0n) is 16.3. The lowest BCUT2D eigenvalue weighted by atomic mass is 9.81. The number of ketones is 2. The van der Waals surface area contributed by atoms with E-state index >= 15 is 0 Å². The number of carbonyl (C=O) groups is 2. The molecule has 2 aromatic heterocycles. The van der Waals surface area contributed by atoms with Gasteiger partial charge in [-0.15, -0.1) is 0 Å². The van der Waals surface area contributed by atoms with Crippen LogP contribution in [0.15, 0.2) is 66.9 Å². The number of fused-ring (bicyclic) bond motifs is 6. The minimum absolute atomic E-state index is 0.0674. The van der Waals surface area contributed by atoms with Gasteiger partial charge >= 0.3 is 0 Å². The third kappa shape index (κ3) is 2.37. The summed E-state index contributed by atoms with van der Waals surface area (Å²) in [7, 11) is 0. The third-order valence-corrected chi connectivity index (χ3v) is 5.80. The smallest absolute Gasteiger partial charge is 0.269 e. The highest BCUT2D eigenvalue weighted by atomic mass is 16.6. The maximum absolute atomic E-state index is 13.3. The molecule has 1 N–H and O–H groups in total. The SMILES string of the molecule is O=C1C(=O)c2c(nc3ccc4[nH]ncc4c3c2-c2ccc([N+](=O)[O-])cc2)-c2ccccc21. The number of nitrogens with one attached hydrogen (secondary N) is 1. The topological polar surface area (TPSA) is 119 Å². The van der Waals surface area contributed by atoms with E-state index in [2.05, 4.69) is 10.2 Å². The molecule has 0 unspecified atom stereocenters. The van der Waals surface area contributed by atoms with Gasteiger partial charge in [0.05, 0.1) is 33.4 Å². The molecule has 1 aliphatic rings. The Hall–Kier alpha value is -4.72. The molecule has 5 aromatic rings. The van der Waals surface area contributed by atoms with Crippen LogP contribution in [0.5, 0.6) is 0 Å². The summed E-state index contributed by atoms with van der Waals surface area (Å²) in [6, 6.07) is 16.5. The van der Waals surface area contributed by atoms with Crippen LogP contribution in [0.3, 0.4) is 0 Å². The lowest BCUT2D eigenvalue weighted by Crippen LogP contribution is -2.23. The van der Waals surface area contributed by atoms with Gasteiger partial charge in [0.25, 0.3) is 5.69 Å². The number of nitro groups is 1. The number of Topliss-reactive ketones (excluding diaryl/α,β-unsaturated/α-hetero) is 2. The molecule has 0 fully saturated rings. The van der Waals surface area contributed by atoms with Crippen molar-refractivity contribution in [1.82, 2.24) is 15.2 Å². The zero-order valence-corrected chi connectivity index (χ0v) is 16.3. The van der Waals surface area contributed by atoms with E-state index in [0.29, 0.717) is 38.9 Å². The monoisotopic (exact) mass is 420 g/mol. The van der Waals surface area contributed by atoms with Crippen LogP contribution in [0.4, 0.5) is 5.69 Å². The van der Waals surface area contributed by atoms with Gasteiger partial charge in [0.2, 0.25) is 11.6 Å². The Bertz CT molecular complexity index is 1630. The van der Waals surface area contributed by atoms with E-state index in [1.165, 1.54) is 12.1 Å². The largest absolute Gasteiger partial charge is 0.285 e. The second-order valence-corrected chi connectivity index (χ2v) is 7.51. The van der Waals surface area contributed by atoms with E-state index in [4.69, 9.17) is 4.98 Å². The number of hydrogen-bond acceptors (Lipinski definition) is 6. The second-order valence-electron chi connectivity index (χ2n) is 7.51. The first-order valence-electron chi connectivity index (χ1n) is 9.77. The normalized spacial score (nSPS) is 12.8. The summed E-state index contributed by atoms with van der Waals surface area (Å²) in [6.07, 6.45) is 1.64. The predicted octanol–water partition coefficient (Wildman–Crippen LogP) is 4.73. The summed E-state index contributed by atoms with van der Waals surface area (Å²) in [5.41, 5.74) is 3.92. The quantitative estimate of drug-likeness (QED) is 0.250. The van der Waals surface area contributed by atoms with Crippen LogP contribution in [-0.2, 0) is 0 Å². The first-order chi connectivity index (χ1) is 15.5. The van der Waals surface area contributed by atoms with Crippen molar-refractivity contribution < 1.29 is 14.5 Å². The number of benzene rings is 3. The molecule has 0 saturated heterocycles. The van der Waals surface area contributed by atoms with E-state index in [-0.39, 0.29) is 11.3 Å². The van der Waals surface area contributed by atoms with E-state index in [9.17, 15) is 19.7 Å². The van der Waals surface area contributed by atoms with E-state index in [1.54, 1.807) is 42.6 Å². The van der Waals surface area contributed by atoms with Crippen LogP contribution in [0.2, 0.25) is 0 Å². The van der Waals surface area contributed by atoms with Crippen molar-refractivity contribution in [2.75, 3.05) is 0 Å². The molecule has 152 valence electrons. The first kappa shape index (κ1) is 18.1. The molecule has 0 spiro atoms. The fraction of sp³-hybridized carbons (Fsp3) is 0. The fourth-order valence-corrected chi connectivity index (χ4v) is 4.36. The standard InChI is InChI=1S/C24H12N4O4/c29-23-15-4-2-1-3-14(15)22-21(24(23)30)19(12-5-7-13(8-6-12)28(31)32)20-16-11-25-27-17(16)9-10-18(20)26-22/h1-11H,(H,25,27). The van der Waals surface area contributed by atoms with Gasteiger partial charge in [0.1, 0.15) is 0 Å². The van der Waals surface area contributed by atoms with Crippen molar-refractivity contribution in [2.24, 2.45) is 0 Å². The van der Waals surface area contributed by atoms with Crippen molar-refractivity contribution in [1.29, 1.82) is 0 Å². The molecule has 0 bridgehead atoms. The van der Waals surface area contributed by atoms with E-state index in [0.717, 1.165) is 10.9 Å². The van der Waals surface area contributed by atoms with Gasteiger partial charge in [0.15, 0.2) is 0 Å². The molecule has 32 heavy (non-hydrogen) atoms. The van der Waals surface area contributed by atoms with E-state index in [1.807, 2.05) is 12.1 Å². The highest BCUT2D eigenvalue weighted by Crippen LogP contribution is 2.43. The van der Waals surface area contributed by atoms with Crippen molar-refractivity contribution in [3.05, 3.63) is 88.1 Å². The van der Waals surface area contributed by atoms with Crippen LogP contribution in [0, 0.1) is 10.1 Å². The number of carbonyl (C=O) groups excluding carboxylic acids is 2. The van der Waals surface area contributed by atoms with Crippen molar-refractivity contribution in [3.63, 3.8) is 0 Å². The minimum atomic E-state index is -0.651. The highest BCUT2D eigenvalue weighted by Gasteiger charge is 2.35. The molecule has 6 rings (SSSR count). The Morgan fingerprint density at radius 1 is 0.844 bits per heavy atom. The third-order valence-electron chi connectivity index (χ3n) is 5.80. The highest BCUT2D eigenvalue weighted by molar-refractivity contribution is 6.54. The van der Waals surface area contributed by atoms with Gasteiger partial charge in [-0.3, -0.25) is 24.8 Å². The number of hydrogen-bond donors (Lipinski definition) is 1. The fourth-order valence-electron chi connectivity index (χ4n) is 4.36. The van der Waals surface area contributed by atoms with Gasteiger partial charge in [-0.2, -0.15) is 5.10 Å². The van der Waals surface area contributed by atoms with E-state index < -0.39 is 16.5 Å². The predicted molar refractivity (Wildman–Crippen MR) is 118 cm³/mol. The molecule has 1 aliphatic carbocycles. The Balaban J connectivity index is 1.81. The number of H-pyrrole nitrogens is 1. The summed E-state index contributed by atoms with van der Waals surface area (Å²) in [5, 5.41) is 19.6.